The zero-order chi connectivity index (χ0) is 21.1. The Bertz CT molecular complexity index is 1190. The number of fused-ring (bicyclic) bond motifs is 1. The molecule has 0 saturated carbocycles. The molecule has 1 aromatic carbocycles. The number of rotatable bonds is 5. The van der Waals surface area contributed by atoms with Crippen LogP contribution in [0, 0.1) is 6.92 Å². The standard InChI is InChI=1S/C25H24N2O3/c1-16-8-6-5-7-9-18(16)25-22(11-10-17(2)27-25)30-21-12-13-26-20-15-24(29-4)23(28-3)14-19(20)21/h5-7,9-15H,8H2,1-4H3. The number of pyridine rings is 2. The Morgan fingerprint density at radius 1 is 0.867 bits per heavy atom. The Morgan fingerprint density at radius 3 is 2.47 bits per heavy atom. The van der Waals surface area contributed by atoms with E-state index >= 15 is 0 Å². The maximum absolute atomic E-state index is 6.41. The van der Waals surface area contributed by atoms with Gasteiger partial charge in [0.1, 0.15) is 11.4 Å². The first-order valence-electron chi connectivity index (χ1n) is 9.80. The van der Waals surface area contributed by atoms with Crippen molar-refractivity contribution in [2.75, 3.05) is 14.2 Å². The van der Waals surface area contributed by atoms with Crippen LogP contribution in [-0.2, 0) is 0 Å². The number of aromatic nitrogens is 2. The first-order valence-corrected chi connectivity index (χ1v) is 9.80. The van der Waals surface area contributed by atoms with E-state index in [1.165, 1.54) is 5.57 Å². The molecule has 0 spiro atoms. The molecule has 0 amide bonds. The highest BCUT2D eigenvalue weighted by Gasteiger charge is 2.16. The number of nitrogens with zero attached hydrogens (tertiary/aromatic N) is 2. The molecule has 4 rings (SSSR count). The normalized spacial score (nSPS) is 13.5. The molecule has 0 saturated heterocycles. The van der Waals surface area contributed by atoms with E-state index in [0.29, 0.717) is 23.0 Å². The van der Waals surface area contributed by atoms with Gasteiger partial charge in [0.25, 0.3) is 0 Å². The van der Waals surface area contributed by atoms with Crippen molar-refractivity contribution in [1.29, 1.82) is 0 Å². The summed E-state index contributed by atoms with van der Waals surface area (Å²) >= 11 is 0. The SMILES string of the molecule is COc1cc2nccc(Oc3ccc(C)nc3C3=C(C)CC=CC=C3)c2cc1OC. The molecule has 2 aromatic heterocycles. The zero-order valence-corrected chi connectivity index (χ0v) is 17.6. The van der Waals surface area contributed by atoms with Crippen molar-refractivity contribution in [2.45, 2.75) is 20.3 Å². The minimum Gasteiger partial charge on any atom is -0.493 e. The van der Waals surface area contributed by atoms with Crippen LogP contribution in [0.2, 0.25) is 0 Å². The lowest BCUT2D eigenvalue weighted by atomic mass is 10.0. The summed E-state index contributed by atoms with van der Waals surface area (Å²) in [5.74, 6) is 2.64. The van der Waals surface area contributed by atoms with Gasteiger partial charge in [-0.15, -0.1) is 0 Å². The Kier molecular flexibility index (Phi) is 5.53. The van der Waals surface area contributed by atoms with Gasteiger partial charge in [-0.25, -0.2) is 4.98 Å². The lowest BCUT2D eigenvalue weighted by molar-refractivity contribution is 0.355. The maximum atomic E-state index is 6.41. The molecule has 30 heavy (non-hydrogen) atoms. The average Bonchev–Trinajstić information content (AvgIpc) is 2.98. The van der Waals surface area contributed by atoms with Gasteiger partial charge in [-0.1, -0.05) is 29.9 Å². The van der Waals surface area contributed by atoms with E-state index in [1.54, 1.807) is 20.4 Å². The van der Waals surface area contributed by atoms with Gasteiger partial charge < -0.3 is 14.2 Å². The van der Waals surface area contributed by atoms with Gasteiger partial charge in [0, 0.05) is 28.9 Å². The van der Waals surface area contributed by atoms with Crippen LogP contribution in [0.1, 0.15) is 24.7 Å². The summed E-state index contributed by atoms with van der Waals surface area (Å²) in [5.41, 5.74) is 4.86. The molecule has 0 bridgehead atoms. The molecule has 0 atom stereocenters. The number of benzene rings is 1. The molecule has 0 N–H and O–H groups in total. The molecule has 0 aliphatic heterocycles. The topological polar surface area (TPSA) is 53.5 Å². The predicted octanol–water partition coefficient (Wildman–Crippen LogP) is 6.04. The molecule has 1 aliphatic carbocycles. The van der Waals surface area contributed by atoms with Crippen molar-refractivity contribution in [3.05, 3.63) is 77.8 Å². The highest BCUT2D eigenvalue weighted by atomic mass is 16.5. The summed E-state index contributed by atoms with van der Waals surface area (Å²) in [4.78, 5) is 9.26. The van der Waals surface area contributed by atoms with Crippen molar-refractivity contribution >= 4 is 16.5 Å². The maximum Gasteiger partial charge on any atom is 0.162 e. The predicted molar refractivity (Wildman–Crippen MR) is 119 cm³/mol. The number of ether oxygens (including phenoxy) is 3. The molecular weight excluding hydrogens is 376 g/mol. The van der Waals surface area contributed by atoms with E-state index in [9.17, 15) is 0 Å². The number of hydrogen-bond donors (Lipinski definition) is 0. The number of allylic oxidation sites excluding steroid dienone is 6. The van der Waals surface area contributed by atoms with E-state index in [2.05, 4.69) is 30.1 Å². The van der Waals surface area contributed by atoms with Crippen LogP contribution < -0.4 is 14.2 Å². The van der Waals surface area contributed by atoms with E-state index in [1.807, 2.05) is 43.3 Å². The van der Waals surface area contributed by atoms with Crippen LogP contribution in [-0.4, -0.2) is 24.2 Å². The number of methoxy groups -OCH3 is 2. The van der Waals surface area contributed by atoms with Gasteiger partial charge in [0.05, 0.1) is 19.7 Å². The fourth-order valence-corrected chi connectivity index (χ4v) is 3.48. The highest BCUT2D eigenvalue weighted by molar-refractivity contribution is 5.88. The molecule has 2 heterocycles. The quantitative estimate of drug-likeness (QED) is 0.523. The van der Waals surface area contributed by atoms with Gasteiger partial charge in [-0.2, -0.15) is 0 Å². The molecule has 5 heteroatoms. The van der Waals surface area contributed by atoms with Gasteiger partial charge in [0.2, 0.25) is 0 Å². The van der Waals surface area contributed by atoms with E-state index < -0.39 is 0 Å². The number of aryl methyl sites for hydroxylation is 1. The van der Waals surface area contributed by atoms with E-state index in [0.717, 1.165) is 34.3 Å². The fraction of sp³-hybridized carbons (Fsp3) is 0.200. The van der Waals surface area contributed by atoms with Crippen molar-refractivity contribution in [1.82, 2.24) is 9.97 Å². The van der Waals surface area contributed by atoms with Crippen LogP contribution in [0.25, 0.3) is 16.5 Å². The summed E-state index contributed by atoms with van der Waals surface area (Å²) in [6, 6.07) is 9.51. The molecule has 3 aromatic rings. The Balaban J connectivity index is 1.83. The summed E-state index contributed by atoms with van der Waals surface area (Å²) < 4.78 is 17.3. The Labute approximate surface area is 176 Å². The Morgan fingerprint density at radius 2 is 1.67 bits per heavy atom. The molecular formula is C25H24N2O3. The van der Waals surface area contributed by atoms with Crippen molar-refractivity contribution < 1.29 is 14.2 Å². The molecule has 5 nitrogen and oxygen atoms in total. The minimum atomic E-state index is 0.626. The van der Waals surface area contributed by atoms with Crippen molar-refractivity contribution in [3.63, 3.8) is 0 Å². The third-order valence-electron chi connectivity index (χ3n) is 5.07. The minimum absolute atomic E-state index is 0.626. The van der Waals surface area contributed by atoms with Crippen LogP contribution in [0.3, 0.4) is 0 Å². The molecule has 0 radical (unpaired) electrons. The molecule has 0 fully saturated rings. The summed E-state index contributed by atoms with van der Waals surface area (Å²) in [5, 5.41) is 0.838. The van der Waals surface area contributed by atoms with Gasteiger partial charge in [0.15, 0.2) is 17.2 Å². The van der Waals surface area contributed by atoms with Crippen LogP contribution in [0.4, 0.5) is 0 Å². The monoisotopic (exact) mass is 400 g/mol. The van der Waals surface area contributed by atoms with E-state index in [-0.39, 0.29) is 0 Å². The van der Waals surface area contributed by atoms with E-state index in [4.69, 9.17) is 19.2 Å². The summed E-state index contributed by atoms with van der Waals surface area (Å²) in [7, 11) is 3.23. The lowest BCUT2D eigenvalue weighted by Gasteiger charge is -2.16. The average molecular weight is 400 g/mol. The van der Waals surface area contributed by atoms with Gasteiger partial charge >= 0.3 is 0 Å². The third kappa shape index (κ3) is 3.79. The second-order valence-electron chi connectivity index (χ2n) is 7.12. The van der Waals surface area contributed by atoms with Crippen molar-refractivity contribution in [3.8, 4) is 23.0 Å². The first kappa shape index (κ1) is 19.7. The van der Waals surface area contributed by atoms with Crippen molar-refractivity contribution in [2.24, 2.45) is 0 Å². The smallest absolute Gasteiger partial charge is 0.162 e. The van der Waals surface area contributed by atoms with Crippen LogP contribution >= 0.6 is 0 Å². The fourth-order valence-electron chi connectivity index (χ4n) is 3.48. The first-order chi connectivity index (χ1) is 14.6. The molecule has 0 unspecified atom stereocenters. The van der Waals surface area contributed by atoms with Crippen LogP contribution in [0.15, 0.2) is 66.4 Å². The number of hydrogen-bond acceptors (Lipinski definition) is 5. The van der Waals surface area contributed by atoms with Gasteiger partial charge in [-0.05, 0) is 44.5 Å². The third-order valence-corrected chi connectivity index (χ3v) is 5.07. The highest BCUT2D eigenvalue weighted by Crippen LogP contribution is 2.39. The van der Waals surface area contributed by atoms with Gasteiger partial charge in [-0.3, -0.25) is 4.98 Å². The Hall–Kier alpha value is -3.60. The second-order valence-corrected chi connectivity index (χ2v) is 7.12. The largest absolute Gasteiger partial charge is 0.493 e. The molecule has 152 valence electrons. The zero-order valence-electron chi connectivity index (χ0n) is 17.6. The molecule has 1 aliphatic rings. The summed E-state index contributed by atoms with van der Waals surface area (Å²) in [6.07, 6.45) is 10.9. The van der Waals surface area contributed by atoms with Crippen LogP contribution in [0.5, 0.6) is 23.0 Å². The summed E-state index contributed by atoms with van der Waals surface area (Å²) in [6.45, 7) is 4.11. The lowest BCUT2D eigenvalue weighted by Crippen LogP contribution is -1.99. The second kappa shape index (κ2) is 8.41.